The summed E-state index contributed by atoms with van der Waals surface area (Å²) in [7, 11) is 0. The number of benzene rings is 4. The molecular weight excluding hydrogens is 404 g/mol. The van der Waals surface area contributed by atoms with Gasteiger partial charge in [-0.15, -0.1) is 10.2 Å². The van der Waals surface area contributed by atoms with E-state index in [9.17, 15) is 0 Å². The van der Waals surface area contributed by atoms with Gasteiger partial charge in [-0.1, -0.05) is 36.4 Å². The Hall–Kier alpha value is -4.18. The monoisotopic (exact) mass is 428 g/mol. The van der Waals surface area contributed by atoms with Crippen LogP contribution in [0.15, 0.2) is 91.0 Å². The standard InChI is InChI=1S/C29H24N4/c1-19-17-26-25-11-7-8-12-27(25)33(28(26)18-20(19)2)24-15-13-22(14-16-24)29-31-30-21(3)32(29)23-9-5-4-6-10-23/h4-18H,1-3H3. The van der Waals surface area contributed by atoms with Gasteiger partial charge < -0.3 is 4.57 Å². The highest BCUT2D eigenvalue weighted by molar-refractivity contribution is 6.09. The van der Waals surface area contributed by atoms with E-state index in [4.69, 9.17) is 0 Å². The minimum Gasteiger partial charge on any atom is -0.309 e. The second-order valence-electron chi connectivity index (χ2n) is 8.59. The summed E-state index contributed by atoms with van der Waals surface area (Å²) in [5, 5.41) is 11.4. The molecule has 0 saturated heterocycles. The molecule has 0 amide bonds. The Morgan fingerprint density at radius 1 is 0.545 bits per heavy atom. The quantitative estimate of drug-likeness (QED) is 0.305. The maximum absolute atomic E-state index is 4.48. The minimum absolute atomic E-state index is 0.846. The molecule has 4 nitrogen and oxygen atoms in total. The van der Waals surface area contributed by atoms with E-state index < -0.39 is 0 Å². The molecule has 0 fully saturated rings. The number of nitrogens with zero attached hydrogens (tertiary/aromatic N) is 4. The predicted octanol–water partition coefficient (Wildman–Crippen LogP) is 6.96. The fourth-order valence-corrected chi connectivity index (χ4v) is 4.70. The van der Waals surface area contributed by atoms with Gasteiger partial charge in [0.05, 0.1) is 11.0 Å². The van der Waals surface area contributed by atoms with Crippen LogP contribution in [0, 0.1) is 20.8 Å². The third-order valence-corrected chi connectivity index (χ3v) is 6.51. The summed E-state index contributed by atoms with van der Waals surface area (Å²) in [6.07, 6.45) is 0. The van der Waals surface area contributed by atoms with Crippen molar-refractivity contribution in [2.75, 3.05) is 0 Å². The van der Waals surface area contributed by atoms with E-state index in [0.717, 1.165) is 28.6 Å². The Morgan fingerprint density at radius 2 is 1.21 bits per heavy atom. The topological polar surface area (TPSA) is 35.6 Å². The average Bonchev–Trinajstić information content (AvgIpc) is 3.38. The Bertz CT molecular complexity index is 1620. The summed E-state index contributed by atoms with van der Waals surface area (Å²) < 4.78 is 4.45. The number of hydrogen-bond acceptors (Lipinski definition) is 2. The molecule has 0 radical (unpaired) electrons. The van der Waals surface area contributed by atoms with E-state index in [0.29, 0.717) is 0 Å². The SMILES string of the molecule is Cc1cc2c3ccccc3n(-c3ccc(-c4nnc(C)n4-c4ccccc4)cc3)c2cc1C. The molecule has 33 heavy (non-hydrogen) atoms. The van der Waals surface area contributed by atoms with Crippen LogP contribution in [-0.4, -0.2) is 19.3 Å². The van der Waals surface area contributed by atoms with Crippen molar-refractivity contribution in [3.8, 4) is 22.8 Å². The van der Waals surface area contributed by atoms with Gasteiger partial charge >= 0.3 is 0 Å². The summed E-state index contributed by atoms with van der Waals surface area (Å²) in [4.78, 5) is 0. The largest absolute Gasteiger partial charge is 0.309 e. The van der Waals surface area contributed by atoms with Crippen LogP contribution in [0.25, 0.3) is 44.6 Å². The lowest BCUT2D eigenvalue weighted by Gasteiger charge is -2.11. The van der Waals surface area contributed by atoms with E-state index in [1.165, 1.54) is 32.9 Å². The molecule has 0 spiro atoms. The molecule has 0 aliphatic carbocycles. The third kappa shape index (κ3) is 3.06. The lowest BCUT2D eigenvalue weighted by molar-refractivity contribution is 0.972. The van der Waals surface area contributed by atoms with Gasteiger partial charge in [0.1, 0.15) is 5.82 Å². The van der Waals surface area contributed by atoms with Gasteiger partial charge in [0, 0.05) is 27.7 Å². The zero-order chi connectivity index (χ0) is 22.5. The Labute approximate surface area is 192 Å². The smallest absolute Gasteiger partial charge is 0.168 e. The lowest BCUT2D eigenvalue weighted by Crippen LogP contribution is -2.00. The first kappa shape index (κ1) is 19.5. The highest BCUT2D eigenvalue weighted by Crippen LogP contribution is 2.34. The van der Waals surface area contributed by atoms with Crippen LogP contribution in [0.1, 0.15) is 17.0 Å². The molecule has 0 aliphatic rings. The molecule has 0 N–H and O–H groups in total. The van der Waals surface area contributed by atoms with Crippen molar-refractivity contribution in [1.29, 1.82) is 0 Å². The zero-order valence-electron chi connectivity index (χ0n) is 18.9. The highest BCUT2D eigenvalue weighted by Gasteiger charge is 2.15. The van der Waals surface area contributed by atoms with E-state index in [1.807, 2.05) is 25.1 Å². The summed E-state index contributed by atoms with van der Waals surface area (Å²) in [6.45, 7) is 6.35. The molecule has 0 atom stereocenters. The van der Waals surface area contributed by atoms with Gasteiger partial charge in [0.15, 0.2) is 5.82 Å². The molecule has 160 valence electrons. The first-order chi connectivity index (χ1) is 16.1. The van der Waals surface area contributed by atoms with Crippen molar-refractivity contribution in [2.45, 2.75) is 20.8 Å². The maximum Gasteiger partial charge on any atom is 0.168 e. The number of para-hydroxylation sites is 2. The molecule has 6 aromatic rings. The first-order valence-corrected chi connectivity index (χ1v) is 11.2. The highest BCUT2D eigenvalue weighted by atomic mass is 15.3. The number of hydrogen-bond donors (Lipinski definition) is 0. The number of fused-ring (bicyclic) bond motifs is 3. The van der Waals surface area contributed by atoms with E-state index >= 15 is 0 Å². The molecule has 6 rings (SSSR count). The molecule has 0 unspecified atom stereocenters. The second kappa shape index (κ2) is 7.45. The predicted molar refractivity (Wildman–Crippen MR) is 135 cm³/mol. The number of aromatic nitrogens is 4. The van der Waals surface area contributed by atoms with Gasteiger partial charge in [0.2, 0.25) is 0 Å². The number of rotatable bonds is 3. The van der Waals surface area contributed by atoms with Gasteiger partial charge in [-0.3, -0.25) is 4.57 Å². The van der Waals surface area contributed by atoms with Crippen molar-refractivity contribution in [1.82, 2.24) is 19.3 Å². The van der Waals surface area contributed by atoms with Crippen LogP contribution in [-0.2, 0) is 0 Å². The average molecular weight is 429 g/mol. The lowest BCUT2D eigenvalue weighted by atomic mass is 10.1. The van der Waals surface area contributed by atoms with Crippen LogP contribution in [0.3, 0.4) is 0 Å². The fourth-order valence-electron chi connectivity index (χ4n) is 4.70. The van der Waals surface area contributed by atoms with Crippen LogP contribution in [0.5, 0.6) is 0 Å². The van der Waals surface area contributed by atoms with Gasteiger partial charge in [-0.2, -0.15) is 0 Å². The molecule has 0 saturated carbocycles. The minimum atomic E-state index is 0.846. The molecule has 0 aliphatic heterocycles. The van der Waals surface area contributed by atoms with E-state index in [-0.39, 0.29) is 0 Å². The van der Waals surface area contributed by atoms with Crippen molar-refractivity contribution >= 4 is 21.8 Å². The molecule has 0 bridgehead atoms. The molecular formula is C29H24N4. The van der Waals surface area contributed by atoms with Crippen LogP contribution < -0.4 is 0 Å². The molecule has 2 heterocycles. The Balaban J connectivity index is 1.52. The molecule has 4 heteroatoms. The van der Waals surface area contributed by atoms with Crippen molar-refractivity contribution in [3.05, 3.63) is 108 Å². The van der Waals surface area contributed by atoms with Crippen molar-refractivity contribution in [2.24, 2.45) is 0 Å². The normalized spacial score (nSPS) is 11.5. The molecule has 4 aromatic carbocycles. The number of aryl methyl sites for hydroxylation is 3. The second-order valence-corrected chi connectivity index (χ2v) is 8.59. The van der Waals surface area contributed by atoms with Crippen LogP contribution in [0.4, 0.5) is 0 Å². The summed E-state index contributed by atoms with van der Waals surface area (Å²) in [5.41, 5.74) is 8.30. The van der Waals surface area contributed by atoms with Gasteiger partial charge in [-0.05, 0) is 86.5 Å². The van der Waals surface area contributed by atoms with Gasteiger partial charge in [0.25, 0.3) is 0 Å². The van der Waals surface area contributed by atoms with E-state index in [2.05, 4.69) is 106 Å². The maximum atomic E-state index is 4.48. The Morgan fingerprint density at radius 3 is 2.00 bits per heavy atom. The van der Waals surface area contributed by atoms with E-state index in [1.54, 1.807) is 0 Å². The Kier molecular flexibility index (Phi) is 4.40. The molecule has 2 aromatic heterocycles. The van der Waals surface area contributed by atoms with Crippen LogP contribution >= 0.6 is 0 Å². The van der Waals surface area contributed by atoms with Crippen molar-refractivity contribution < 1.29 is 0 Å². The van der Waals surface area contributed by atoms with Gasteiger partial charge in [-0.25, -0.2) is 0 Å². The first-order valence-electron chi connectivity index (χ1n) is 11.2. The third-order valence-electron chi connectivity index (χ3n) is 6.51. The summed E-state index contributed by atoms with van der Waals surface area (Å²) in [6, 6.07) is 32.1. The van der Waals surface area contributed by atoms with Crippen molar-refractivity contribution in [3.63, 3.8) is 0 Å². The van der Waals surface area contributed by atoms with Crippen LogP contribution in [0.2, 0.25) is 0 Å². The summed E-state index contributed by atoms with van der Waals surface area (Å²) in [5.74, 6) is 1.72. The summed E-state index contributed by atoms with van der Waals surface area (Å²) >= 11 is 0. The fraction of sp³-hybridized carbons (Fsp3) is 0.103. The zero-order valence-corrected chi connectivity index (χ0v) is 18.9.